The number of nitrogens with zero attached hydrogens (tertiary/aromatic N) is 3. The van der Waals surface area contributed by atoms with E-state index in [1.807, 2.05) is 19.3 Å². The molecule has 1 atom stereocenters. The van der Waals surface area contributed by atoms with Crippen LogP contribution in [-0.4, -0.2) is 41.8 Å². The Morgan fingerprint density at radius 2 is 2.21 bits per heavy atom. The number of aryl methyl sites for hydroxylation is 1. The number of hydrogen-bond acceptors (Lipinski definition) is 4. The van der Waals surface area contributed by atoms with Crippen molar-refractivity contribution in [2.24, 2.45) is 7.05 Å². The van der Waals surface area contributed by atoms with Crippen LogP contribution in [0.3, 0.4) is 0 Å². The third-order valence-corrected chi connectivity index (χ3v) is 3.86. The third kappa shape index (κ3) is 4.63. The van der Waals surface area contributed by atoms with Gasteiger partial charge in [-0.2, -0.15) is 5.10 Å². The highest BCUT2D eigenvalue weighted by Crippen LogP contribution is 2.24. The van der Waals surface area contributed by atoms with Crippen LogP contribution >= 0.6 is 24.0 Å². The van der Waals surface area contributed by atoms with Crippen molar-refractivity contribution >= 4 is 29.9 Å². The molecule has 1 heterocycles. The molecule has 0 saturated carbocycles. The topological polar surface area (TPSA) is 59.4 Å². The fourth-order valence-electron chi connectivity index (χ4n) is 2.45. The number of amides is 1. The van der Waals surface area contributed by atoms with E-state index in [1.165, 1.54) is 0 Å². The van der Waals surface area contributed by atoms with E-state index in [1.54, 1.807) is 49.1 Å². The molecule has 0 aliphatic heterocycles. The maximum atomic E-state index is 12.7. The van der Waals surface area contributed by atoms with Gasteiger partial charge in [-0.15, -0.1) is 12.4 Å². The van der Waals surface area contributed by atoms with E-state index >= 15 is 0 Å². The van der Waals surface area contributed by atoms with Crippen molar-refractivity contribution in [2.75, 3.05) is 21.2 Å². The van der Waals surface area contributed by atoms with Gasteiger partial charge in [-0.3, -0.25) is 9.48 Å². The molecule has 0 spiro atoms. The fraction of sp³-hybridized carbons (Fsp3) is 0.375. The fourth-order valence-corrected chi connectivity index (χ4v) is 2.64. The van der Waals surface area contributed by atoms with Gasteiger partial charge in [0.2, 0.25) is 5.91 Å². The molecule has 2 aromatic rings. The van der Waals surface area contributed by atoms with E-state index in [0.29, 0.717) is 17.3 Å². The van der Waals surface area contributed by atoms with Gasteiger partial charge in [0.25, 0.3) is 0 Å². The third-order valence-electron chi connectivity index (χ3n) is 3.62. The molecule has 24 heavy (non-hydrogen) atoms. The molecular formula is C16H22Cl2N4O2. The summed E-state index contributed by atoms with van der Waals surface area (Å²) in [7, 11) is 6.93. The predicted octanol–water partition coefficient (Wildman–Crippen LogP) is 2.42. The Kier molecular flexibility index (Phi) is 7.54. The first kappa shape index (κ1) is 20.3. The number of nitrogens with one attached hydrogen (secondary N) is 1. The largest absolute Gasteiger partial charge is 0.496 e. The Morgan fingerprint density at radius 3 is 2.75 bits per heavy atom. The summed E-state index contributed by atoms with van der Waals surface area (Å²) in [5.74, 6) is 0.652. The van der Waals surface area contributed by atoms with Gasteiger partial charge in [0.1, 0.15) is 11.8 Å². The summed E-state index contributed by atoms with van der Waals surface area (Å²) in [6.45, 7) is 0.404. The van der Waals surface area contributed by atoms with E-state index in [4.69, 9.17) is 16.3 Å². The summed E-state index contributed by atoms with van der Waals surface area (Å²) in [5, 5.41) is 7.77. The standard InChI is InChI=1S/C16H21ClN4O2.ClH/c1-18-15(12-8-19-21(3)10-12)16(22)20(2)9-11-7-13(17)5-6-14(11)23-4;/h5-8,10,15,18H,9H2,1-4H3;1H. The molecule has 1 unspecified atom stereocenters. The van der Waals surface area contributed by atoms with Crippen molar-refractivity contribution < 1.29 is 9.53 Å². The average molecular weight is 373 g/mol. The van der Waals surface area contributed by atoms with Gasteiger partial charge >= 0.3 is 0 Å². The van der Waals surface area contributed by atoms with Crippen LogP contribution in [-0.2, 0) is 18.4 Å². The molecule has 2 rings (SSSR count). The number of hydrogen-bond donors (Lipinski definition) is 1. The summed E-state index contributed by atoms with van der Waals surface area (Å²) in [4.78, 5) is 14.4. The maximum Gasteiger partial charge on any atom is 0.244 e. The van der Waals surface area contributed by atoms with Crippen molar-refractivity contribution in [3.8, 4) is 5.75 Å². The van der Waals surface area contributed by atoms with E-state index in [0.717, 1.165) is 11.1 Å². The first-order valence-electron chi connectivity index (χ1n) is 7.19. The number of aromatic nitrogens is 2. The number of ether oxygens (including phenoxy) is 1. The molecule has 1 aromatic heterocycles. The second-order valence-electron chi connectivity index (χ2n) is 5.32. The van der Waals surface area contributed by atoms with Gasteiger partial charge in [-0.05, 0) is 25.2 Å². The number of methoxy groups -OCH3 is 1. The van der Waals surface area contributed by atoms with Crippen LogP contribution in [0.5, 0.6) is 5.75 Å². The quantitative estimate of drug-likeness (QED) is 0.845. The van der Waals surface area contributed by atoms with Crippen LogP contribution in [0, 0.1) is 0 Å². The summed E-state index contributed by atoms with van der Waals surface area (Å²) in [6, 6.07) is 4.92. The van der Waals surface area contributed by atoms with Gasteiger partial charge in [-0.1, -0.05) is 11.6 Å². The number of benzene rings is 1. The smallest absolute Gasteiger partial charge is 0.244 e. The van der Waals surface area contributed by atoms with Gasteiger partial charge < -0.3 is 15.0 Å². The van der Waals surface area contributed by atoms with Gasteiger partial charge in [0.15, 0.2) is 0 Å². The lowest BCUT2D eigenvalue weighted by molar-refractivity contribution is -0.132. The summed E-state index contributed by atoms with van der Waals surface area (Å²) >= 11 is 6.04. The Bertz CT molecular complexity index is 690. The number of carbonyl (C=O) groups is 1. The van der Waals surface area contributed by atoms with Crippen molar-refractivity contribution in [2.45, 2.75) is 12.6 Å². The highest BCUT2D eigenvalue weighted by molar-refractivity contribution is 6.30. The van der Waals surface area contributed by atoms with Gasteiger partial charge in [0.05, 0.1) is 13.3 Å². The molecule has 1 amide bonds. The van der Waals surface area contributed by atoms with Gasteiger partial charge in [0, 0.05) is 43.0 Å². The molecular weight excluding hydrogens is 351 g/mol. The Morgan fingerprint density at radius 1 is 1.50 bits per heavy atom. The van der Waals surface area contributed by atoms with Crippen molar-refractivity contribution in [3.05, 3.63) is 46.7 Å². The average Bonchev–Trinajstić information content (AvgIpc) is 2.94. The second kappa shape index (κ2) is 8.92. The molecule has 0 radical (unpaired) electrons. The molecule has 8 heteroatoms. The van der Waals surface area contributed by atoms with Crippen molar-refractivity contribution in [3.63, 3.8) is 0 Å². The minimum absolute atomic E-state index is 0. The SMILES string of the molecule is CNC(C(=O)N(C)Cc1cc(Cl)ccc1OC)c1cnn(C)c1.Cl. The lowest BCUT2D eigenvalue weighted by Gasteiger charge is -2.23. The summed E-state index contributed by atoms with van der Waals surface area (Å²) < 4.78 is 7.00. The molecule has 132 valence electrons. The Balaban J connectivity index is 0.00000288. The van der Waals surface area contributed by atoms with Crippen LogP contribution in [0.4, 0.5) is 0 Å². The second-order valence-corrected chi connectivity index (χ2v) is 5.76. The van der Waals surface area contributed by atoms with E-state index in [9.17, 15) is 4.79 Å². The zero-order valence-corrected chi connectivity index (χ0v) is 15.7. The molecule has 0 aliphatic carbocycles. The normalized spacial score (nSPS) is 11.5. The van der Waals surface area contributed by atoms with Crippen LogP contribution < -0.4 is 10.1 Å². The molecule has 0 bridgehead atoms. The van der Waals surface area contributed by atoms with Crippen LogP contribution in [0.15, 0.2) is 30.6 Å². The molecule has 0 fully saturated rings. The zero-order valence-electron chi connectivity index (χ0n) is 14.1. The molecule has 0 aliphatic rings. The van der Waals surface area contributed by atoms with Crippen molar-refractivity contribution in [1.82, 2.24) is 20.0 Å². The highest BCUT2D eigenvalue weighted by Gasteiger charge is 2.24. The maximum absolute atomic E-state index is 12.7. The van der Waals surface area contributed by atoms with Gasteiger partial charge in [-0.25, -0.2) is 0 Å². The zero-order chi connectivity index (χ0) is 17.0. The molecule has 1 N–H and O–H groups in total. The highest BCUT2D eigenvalue weighted by atomic mass is 35.5. The lowest BCUT2D eigenvalue weighted by atomic mass is 10.1. The van der Waals surface area contributed by atoms with E-state index in [2.05, 4.69) is 10.4 Å². The molecule has 6 nitrogen and oxygen atoms in total. The molecule has 1 aromatic carbocycles. The number of carbonyl (C=O) groups excluding carboxylic acids is 1. The molecule has 0 saturated heterocycles. The summed E-state index contributed by atoms with van der Waals surface area (Å²) in [5.41, 5.74) is 1.68. The summed E-state index contributed by atoms with van der Waals surface area (Å²) in [6.07, 6.45) is 3.51. The van der Waals surface area contributed by atoms with E-state index in [-0.39, 0.29) is 18.3 Å². The minimum Gasteiger partial charge on any atom is -0.496 e. The first-order valence-corrected chi connectivity index (χ1v) is 7.57. The first-order chi connectivity index (χ1) is 11.0. The van der Waals surface area contributed by atoms with Crippen molar-refractivity contribution in [1.29, 1.82) is 0 Å². The van der Waals surface area contributed by atoms with E-state index < -0.39 is 6.04 Å². The Labute approximate surface area is 153 Å². The Hall–Kier alpha value is -1.76. The number of rotatable bonds is 6. The number of likely N-dealkylation sites (N-methyl/N-ethyl adjacent to an activating group) is 2. The van der Waals surface area contributed by atoms with Crippen LogP contribution in [0.1, 0.15) is 17.2 Å². The lowest BCUT2D eigenvalue weighted by Crippen LogP contribution is -2.37. The number of halogens is 2. The minimum atomic E-state index is -0.445. The monoisotopic (exact) mass is 372 g/mol. The van der Waals surface area contributed by atoms with Crippen LogP contribution in [0.2, 0.25) is 5.02 Å². The van der Waals surface area contributed by atoms with Crippen LogP contribution in [0.25, 0.3) is 0 Å². The predicted molar refractivity (Wildman–Crippen MR) is 96.7 cm³/mol.